The summed E-state index contributed by atoms with van der Waals surface area (Å²) in [7, 11) is 0. The number of ether oxygens (including phenoxy) is 2. The molecule has 0 spiro atoms. The van der Waals surface area contributed by atoms with Crippen LogP contribution < -0.4 is 10.1 Å². The van der Waals surface area contributed by atoms with Crippen LogP contribution in [-0.2, 0) is 4.74 Å². The Labute approximate surface area is 139 Å². The predicted molar refractivity (Wildman–Crippen MR) is 87.3 cm³/mol. The molecule has 1 aromatic heterocycles. The van der Waals surface area contributed by atoms with Crippen molar-refractivity contribution >= 4 is 11.8 Å². The van der Waals surface area contributed by atoms with E-state index in [4.69, 9.17) is 14.6 Å². The number of carboxylic acids is 1. The van der Waals surface area contributed by atoms with Crippen LogP contribution in [0, 0.1) is 0 Å². The second kappa shape index (κ2) is 7.27. The van der Waals surface area contributed by atoms with Gasteiger partial charge in [-0.2, -0.15) is 0 Å². The van der Waals surface area contributed by atoms with Crippen LogP contribution in [0.3, 0.4) is 0 Å². The standard InChI is InChI=1S/C17H19N3O4/c1-2-23-14-8-12(16(14)24-11-6-4-3-5-7-11)20-15-10-18-13(9-19-15)17(21)22/h3-7,9-10,12,14,16H,2,8H2,1H3,(H,19,20)(H,21,22). The fraction of sp³-hybridized carbons (Fsp3) is 0.353. The van der Waals surface area contributed by atoms with E-state index in [-0.39, 0.29) is 23.9 Å². The van der Waals surface area contributed by atoms with Crippen LogP contribution in [0.1, 0.15) is 23.8 Å². The molecule has 0 saturated heterocycles. The van der Waals surface area contributed by atoms with Crippen molar-refractivity contribution in [3.63, 3.8) is 0 Å². The van der Waals surface area contributed by atoms with Crippen molar-refractivity contribution in [3.05, 3.63) is 48.4 Å². The summed E-state index contributed by atoms with van der Waals surface area (Å²) in [5, 5.41) is 12.1. The number of hydrogen-bond donors (Lipinski definition) is 2. The summed E-state index contributed by atoms with van der Waals surface area (Å²) in [5.74, 6) is 0.201. The zero-order chi connectivity index (χ0) is 16.9. The van der Waals surface area contributed by atoms with E-state index in [1.807, 2.05) is 37.3 Å². The first-order valence-corrected chi connectivity index (χ1v) is 7.82. The Kier molecular flexibility index (Phi) is 4.90. The van der Waals surface area contributed by atoms with Crippen LogP contribution in [0.5, 0.6) is 5.75 Å². The van der Waals surface area contributed by atoms with Crippen molar-refractivity contribution in [3.8, 4) is 5.75 Å². The number of para-hydroxylation sites is 1. The first-order valence-electron chi connectivity index (χ1n) is 7.82. The summed E-state index contributed by atoms with van der Waals surface area (Å²) in [6.07, 6.45) is 3.30. The molecule has 3 rings (SSSR count). The fourth-order valence-corrected chi connectivity index (χ4v) is 2.62. The van der Waals surface area contributed by atoms with Crippen molar-refractivity contribution in [2.75, 3.05) is 11.9 Å². The average molecular weight is 329 g/mol. The third kappa shape index (κ3) is 3.62. The van der Waals surface area contributed by atoms with Crippen molar-refractivity contribution in [2.45, 2.75) is 31.6 Å². The minimum absolute atomic E-state index is 0.0129. The van der Waals surface area contributed by atoms with Crippen molar-refractivity contribution in [1.29, 1.82) is 0 Å². The SMILES string of the molecule is CCOC1CC(Nc2cnc(C(=O)O)cn2)C1Oc1ccccc1. The lowest BCUT2D eigenvalue weighted by Gasteiger charge is -2.44. The number of carboxylic acid groups (broad SMARTS) is 1. The minimum Gasteiger partial charge on any atom is -0.486 e. The van der Waals surface area contributed by atoms with Gasteiger partial charge in [0, 0.05) is 13.0 Å². The summed E-state index contributed by atoms with van der Waals surface area (Å²) in [6, 6.07) is 9.60. The quantitative estimate of drug-likeness (QED) is 0.804. The van der Waals surface area contributed by atoms with Crippen molar-refractivity contribution < 1.29 is 19.4 Å². The molecule has 7 nitrogen and oxygen atoms in total. The molecule has 0 aliphatic heterocycles. The molecule has 1 fully saturated rings. The summed E-state index contributed by atoms with van der Waals surface area (Å²) < 4.78 is 11.7. The van der Waals surface area contributed by atoms with Gasteiger partial charge < -0.3 is 19.9 Å². The number of anilines is 1. The summed E-state index contributed by atoms with van der Waals surface area (Å²) in [4.78, 5) is 18.8. The second-order valence-corrected chi connectivity index (χ2v) is 5.47. The van der Waals surface area contributed by atoms with E-state index < -0.39 is 5.97 Å². The fourth-order valence-electron chi connectivity index (χ4n) is 2.62. The van der Waals surface area contributed by atoms with E-state index in [0.29, 0.717) is 12.4 Å². The van der Waals surface area contributed by atoms with Crippen LogP contribution in [0.15, 0.2) is 42.7 Å². The van der Waals surface area contributed by atoms with Gasteiger partial charge in [-0.25, -0.2) is 14.8 Å². The molecule has 24 heavy (non-hydrogen) atoms. The largest absolute Gasteiger partial charge is 0.486 e. The Bertz CT molecular complexity index is 678. The summed E-state index contributed by atoms with van der Waals surface area (Å²) in [6.45, 7) is 2.58. The van der Waals surface area contributed by atoms with Crippen molar-refractivity contribution in [2.24, 2.45) is 0 Å². The van der Waals surface area contributed by atoms with Gasteiger partial charge in [0.15, 0.2) is 5.69 Å². The Balaban J connectivity index is 1.66. The maximum absolute atomic E-state index is 10.8. The zero-order valence-electron chi connectivity index (χ0n) is 13.3. The lowest BCUT2D eigenvalue weighted by atomic mass is 9.85. The highest BCUT2D eigenvalue weighted by Crippen LogP contribution is 2.31. The highest BCUT2D eigenvalue weighted by Gasteiger charge is 2.44. The number of nitrogens with one attached hydrogen (secondary N) is 1. The highest BCUT2D eigenvalue weighted by atomic mass is 16.5. The molecule has 1 aliphatic carbocycles. The molecule has 1 aliphatic rings. The van der Waals surface area contributed by atoms with Crippen LogP contribution in [0.25, 0.3) is 0 Å². The predicted octanol–water partition coefficient (Wildman–Crippen LogP) is 2.21. The molecule has 0 bridgehead atoms. The first-order chi connectivity index (χ1) is 11.7. The van der Waals surface area contributed by atoms with Gasteiger partial charge in [0.25, 0.3) is 0 Å². The van der Waals surface area contributed by atoms with E-state index in [0.717, 1.165) is 12.2 Å². The van der Waals surface area contributed by atoms with Gasteiger partial charge in [-0.05, 0) is 19.1 Å². The molecule has 0 amide bonds. The number of rotatable bonds is 7. The molecular formula is C17H19N3O4. The molecule has 1 heterocycles. The smallest absolute Gasteiger partial charge is 0.356 e. The average Bonchev–Trinajstić information content (AvgIpc) is 2.60. The maximum Gasteiger partial charge on any atom is 0.356 e. The van der Waals surface area contributed by atoms with E-state index in [9.17, 15) is 4.79 Å². The minimum atomic E-state index is -1.10. The molecular weight excluding hydrogens is 310 g/mol. The molecule has 2 N–H and O–H groups in total. The van der Waals surface area contributed by atoms with E-state index in [2.05, 4.69) is 15.3 Å². The molecule has 2 aromatic rings. The topological polar surface area (TPSA) is 93.6 Å². The Morgan fingerprint density at radius 1 is 1.29 bits per heavy atom. The lowest BCUT2D eigenvalue weighted by Crippen LogP contribution is -2.59. The van der Waals surface area contributed by atoms with Crippen LogP contribution in [0.2, 0.25) is 0 Å². The third-order valence-corrected chi connectivity index (χ3v) is 3.85. The number of aromatic nitrogens is 2. The van der Waals surface area contributed by atoms with Crippen LogP contribution >= 0.6 is 0 Å². The Hall–Kier alpha value is -2.67. The normalized spacial score (nSPS) is 22.5. The van der Waals surface area contributed by atoms with E-state index in [1.165, 1.54) is 12.4 Å². The number of nitrogens with zero attached hydrogens (tertiary/aromatic N) is 2. The summed E-state index contributed by atoms with van der Waals surface area (Å²) >= 11 is 0. The molecule has 1 saturated carbocycles. The molecule has 3 unspecified atom stereocenters. The maximum atomic E-state index is 10.8. The van der Waals surface area contributed by atoms with Crippen molar-refractivity contribution in [1.82, 2.24) is 9.97 Å². The zero-order valence-corrected chi connectivity index (χ0v) is 13.3. The monoisotopic (exact) mass is 329 g/mol. The van der Waals surface area contributed by atoms with Gasteiger partial charge in [-0.1, -0.05) is 18.2 Å². The molecule has 126 valence electrons. The number of aromatic carboxylic acids is 1. The van der Waals surface area contributed by atoms with Gasteiger partial charge >= 0.3 is 5.97 Å². The van der Waals surface area contributed by atoms with Gasteiger partial charge in [-0.15, -0.1) is 0 Å². The third-order valence-electron chi connectivity index (χ3n) is 3.85. The summed E-state index contributed by atoms with van der Waals surface area (Å²) in [5.41, 5.74) is -0.0848. The highest BCUT2D eigenvalue weighted by molar-refractivity contribution is 5.84. The molecule has 1 aromatic carbocycles. The van der Waals surface area contributed by atoms with Gasteiger partial charge in [-0.3, -0.25) is 0 Å². The number of benzene rings is 1. The van der Waals surface area contributed by atoms with Gasteiger partial charge in [0.2, 0.25) is 0 Å². The first kappa shape index (κ1) is 16.2. The van der Waals surface area contributed by atoms with E-state index in [1.54, 1.807) is 0 Å². The number of hydrogen-bond acceptors (Lipinski definition) is 6. The molecule has 3 atom stereocenters. The van der Waals surface area contributed by atoms with E-state index >= 15 is 0 Å². The molecule has 7 heteroatoms. The molecule has 0 radical (unpaired) electrons. The van der Waals surface area contributed by atoms with Gasteiger partial charge in [0.05, 0.1) is 24.5 Å². The Morgan fingerprint density at radius 2 is 2.08 bits per heavy atom. The number of carbonyl (C=O) groups is 1. The lowest BCUT2D eigenvalue weighted by molar-refractivity contribution is -0.0881. The van der Waals surface area contributed by atoms with Crippen LogP contribution in [0.4, 0.5) is 5.82 Å². The Morgan fingerprint density at radius 3 is 2.71 bits per heavy atom. The van der Waals surface area contributed by atoms with Gasteiger partial charge in [0.1, 0.15) is 17.7 Å². The second-order valence-electron chi connectivity index (χ2n) is 5.47. The van der Waals surface area contributed by atoms with Crippen LogP contribution in [-0.4, -0.2) is 45.9 Å².